The number of nitrogens with zero attached hydrogens (tertiary/aromatic N) is 3. The average Bonchev–Trinajstić information content (AvgIpc) is 2.94. The number of fused-ring (bicyclic) bond motifs is 1. The second-order valence-corrected chi connectivity index (χ2v) is 5.63. The summed E-state index contributed by atoms with van der Waals surface area (Å²) in [5, 5.41) is 3.91. The lowest BCUT2D eigenvalue weighted by atomic mass is 10.0. The van der Waals surface area contributed by atoms with Gasteiger partial charge in [-0.2, -0.15) is 8.78 Å². The van der Waals surface area contributed by atoms with E-state index in [-0.39, 0.29) is 18.6 Å². The van der Waals surface area contributed by atoms with Crippen LogP contribution in [0.5, 0.6) is 0 Å². The molecule has 0 bridgehead atoms. The molecule has 1 atom stereocenters. The first kappa shape index (κ1) is 15.9. The Hall–Kier alpha value is -2.03. The molecule has 0 spiro atoms. The highest BCUT2D eigenvalue weighted by Gasteiger charge is 2.35. The topological polar surface area (TPSA) is 30.9 Å². The van der Waals surface area contributed by atoms with E-state index in [9.17, 15) is 22.0 Å². The van der Waals surface area contributed by atoms with Crippen LogP contribution in [-0.2, 0) is 11.3 Å². The number of aromatic nitrogens is 3. The maximum Gasteiger partial charge on any atom is 0.304 e. The van der Waals surface area contributed by atoms with Crippen LogP contribution in [0.2, 0.25) is 0 Å². The summed E-state index contributed by atoms with van der Waals surface area (Å²) >= 11 is 0. The van der Waals surface area contributed by atoms with Crippen molar-refractivity contribution in [2.24, 2.45) is 5.92 Å². The van der Waals surface area contributed by atoms with Gasteiger partial charge in [-0.25, -0.2) is 17.7 Å². The minimum atomic E-state index is -2.20. The second kappa shape index (κ2) is 5.55. The van der Waals surface area contributed by atoms with E-state index in [1.165, 1.54) is 6.33 Å². The molecule has 1 aliphatic heterocycles. The fourth-order valence-corrected chi connectivity index (χ4v) is 2.53. The predicted molar refractivity (Wildman–Crippen MR) is 67.1 cm³/mol. The molecule has 4 nitrogen and oxygen atoms in total. The van der Waals surface area contributed by atoms with E-state index >= 15 is 0 Å². The van der Waals surface area contributed by atoms with Gasteiger partial charge in [0.2, 0.25) is 41.1 Å². The van der Waals surface area contributed by atoms with Gasteiger partial charge in [-0.1, -0.05) is 18.5 Å². The Morgan fingerprint density at radius 2 is 1.65 bits per heavy atom. The zero-order valence-corrected chi connectivity index (χ0v) is 12.3. The van der Waals surface area contributed by atoms with Crippen molar-refractivity contribution < 1.29 is 31.3 Å². The molecule has 2 heterocycles. The normalized spacial score (nSPS) is 17.7. The third-order valence-electron chi connectivity index (χ3n) is 3.82. The van der Waals surface area contributed by atoms with Crippen molar-refractivity contribution in [2.45, 2.75) is 26.5 Å². The molecule has 0 amide bonds. The van der Waals surface area contributed by atoms with Crippen molar-refractivity contribution in [2.75, 3.05) is 6.61 Å². The summed E-state index contributed by atoms with van der Waals surface area (Å²) in [5.74, 6) is -9.58. The van der Waals surface area contributed by atoms with Crippen molar-refractivity contribution in [1.82, 2.24) is 9.78 Å². The zero-order valence-electron chi connectivity index (χ0n) is 12.3. The molecule has 0 fully saturated rings. The lowest BCUT2D eigenvalue weighted by Gasteiger charge is -2.22. The van der Waals surface area contributed by atoms with Crippen LogP contribution in [0, 0.1) is 35.0 Å². The van der Waals surface area contributed by atoms with Crippen LogP contribution in [0.1, 0.15) is 25.7 Å². The number of rotatable bonds is 2. The fraction of sp³-hybridized carbons (Fsp3) is 0.429. The lowest BCUT2D eigenvalue weighted by Crippen LogP contribution is -2.49. The van der Waals surface area contributed by atoms with E-state index in [1.807, 2.05) is 13.8 Å². The van der Waals surface area contributed by atoms with E-state index < -0.39 is 34.8 Å². The molecule has 0 aliphatic carbocycles. The number of halogens is 5. The number of ether oxygens (including phenoxy) is 1. The molecule has 2 aromatic rings. The van der Waals surface area contributed by atoms with Crippen molar-refractivity contribution in [1.29, 1.82) is 0 Å². The van der Waals surface area contributed by atoms with Crippen LogP contribution in [-0.4, -0.2) is 16.4 Å². The molecular weight excluding hydrogens is 321 g/mol. The number of hydrogen-bond acceptors (Lipinski definition) is 2. The molecule has 0 N–H and O–H groups in total. The first-order chi connectivity index (χ1) is 10.8. The van der Waals surface area contributed by atoms with E-state index in [0.29, 0.717) is 17.1 Å². The van der Waals surface area contributed by atoms with Crippen molar-refractivity contribution >= 4 is 0 Å². The minimum absolute atomic E-state index is 0.0889. The Morgan fingerprint density at radius 1 is 1.09 bits per heavy atom. The van der Waals surface area contributed by atoms with Crippen LogP contribution in [0.15, 0.2) is 6.33 Å². The molecule has 3 rings (SSSR count). The molecule has 124 valence electrons. The maximum absolute atomic E-state index is 13.9. The highest BCUT2D eigenvalue weighted by molar-refractivity contribution is 5.36. The smallest absolute Gasteiger partial charge is 0.304 e. The predicted octanol–water partition coefficient (Wildman–Crippen LogP) is 2.58. The van der Waals surface area contributed by atoms with E-state index in [1.54, 1.807) is 4.57 Å². The molecule has 0 radical (unpaired) electrons. The van der Waals surface area contributed by atoms with Crippen molar-refractivity contribution in [3.8, 4) is 5.69 Å². The fourth-order valence-electron chi connectivity index (χ4n) is 2.53. The molecule has 0 saturated carbocycles. The molecular formula is C14H13F5N3O+. The maximum atomic E-state index is 13.9. The summed E-state index contributed by atoms with van der Waals surface area (Å²) in [4.78, 5) is 0. The quantitative estimate of drug-likeness (QED) is 0.366. The molecule has 23 heavy (non-hydrogen) atoms. The summed E-state index contributed by atoms with van der Waals surface area (Å²) in [5.41, 5.74) is -1.11. The second-order valence-electron chi connectivity index (χ2n) is 5.63. The highest BCUT2D eigenvalue weighted by Crippen LogP contribution is 2.26. The molecule has 9 heteroatoms. The molecule has 1 aliphatic rings. The van der Waals surface area contributed by atoms with Gasteiger partial charge < -0.3 is 4.74 Å². The molecule has 0 unspecified atom stereocenters. The molecule has 1 aromatic carbocycles. The lowest BCUT2D eigenvalue weighted by molar-refractivity contribution is -0.749. The van der Waals surface area contributed by atoms with E-state index in [4.69, 9.17) is 4.74 Å². The van der Waals surface area contributed by atoms with Gasteiger partial charge in [0, 0.05) is 5.10 Å². The van der Waals surface area contributed by atoms with E-state index in [2.05, 4.69) is 5.10 Å². The largest absolute Gasteiger partial charge is 0.367 e. The molecule has 0 saturated heterocycles. The Balaban J connectivity index is 2.19. The number of benzene rings is 1. The van der Waals surface area contributed by atoms with Crippen LogP contribution in [0.25, 0.3) is 5.69 Å². The van der Waals surface area contributed by atoms with Crippen molar-refractivity contribution in [3.63, 3.8) is 0 Å². The van der Waals surface area contributed by atoms with Crippen LogP contribution in [0.4, 0.5) is 22.0 Å². The highest BCUT2D eigenvalue weighted by atomic mass is 19.2. The van der Waals surface area contributed by atoms with Gasteiger partial charge >= 0.3 is 5.82 Å². The zero-order chi connectivity index (χ0) is 16.9. The SMILES string of the molecule is CC(C)[C@@H]1COCc2nn(-c3c(F)c(F)c(F)c(F)c3F)c[n+]21. The van der Waals surface area contributed by atoms with Gasteiger partial charge in [-0.05, 0) is 5.92 Å². The van der Waals surface area contributed by atoms with Crippen LogP contribution >= 0.6 is 0 Å². The summed E-state index contributed by atoms with van der Waals surface area (Å²) in [6.45, 7) is 4.31. The van der Waals surface area contributed by atoms with Gasteiger partial charge in [-0.15, -0.1) is 0 Å². The Morgan fingerprint density at radius 3 is 2.22 bits per heavy atom. The van der Waals surface area contributed by atoms with Crippen LogP contribution in [0.3, 0.4) is 0 Å². The third kappa shape index (κ3) is 2.39. The molecule has 1 aromatic heterocycles. The van der Waals surface area contributed by atoms with Gasteiger partial charge in [0.25, 0.3) is 0 Å². The Bertz CT molecular complexity index is 745. The third-order valence-corrected chi connectivity index (χ3v) is 3.82. The van der Waals surface area contributed by atoms with Crippen molar-refractivity contribution in [3.05, 3.63) is 41.2 Å². The van der Waals surface area contributed by atoms with Gasteiger partial charge in [0.15, 0.2) is 0 Å². The Labute approximate surface area is 128 Å². The van der Waals surface area contributed by atoms with Crippen LogP contribution < -0.4 is 4.57 Å². The summed E-state index contributed by atoms with van der Waals surface area (Å²) in [6.07, 6.45) is 1.22. The number of hydrogen-bond donors (Lipinski definition) is 0. The average molecular weight is 334 g/mol. The van der Waals surface area contributed by atoms with Gasteiger partial charge in [0.1, 0.15) is 12.6 Å². The summed E-state index contributed by atoms with van der Waals surface area (Å²) < 4.78 is 75.2. The minimum Gasteiger partial charge on any atom is -0.367 e. The first-order valence-electron chi connectivity index (χ1n) is 6.92. The van der Waals surface area contributed by atoms with E-state index in [0.717, 1.165) is 0 Å². The monoisotopic (exact) mass is 334 g/mol. The first-order valence-corrected chi connectivity index (χ1v) is 6.92. The van der Waals surface area contributed by atoms with Gasteiger partial charge in [-0.3, -0.25) is 0 Å². The van der Waals surface area contributed by atoms with Gasteiger partial charge in [0.05, 0.1) is 6.61 Å². The standard InChI is InChI=1S/C14H13F5N3O/c1-6(2)7-3-23-4-8-20-22(5-21(7)8)14-12(18)10(16)9(15)11(17)13(14)19/h5-7H,3-4H2,1-2H3/q+1/t7-/m0/s1. The summed E-state index contributed by atoms with van der Waals surface area (Å²) in [7, 11) is 0. The summed E-state index contributed by atoms with van der Waals surface area (Å²) in [6, 6.07) is -0.145. The Kier molecular flexibility index (Phi) is 3.83.